The van der Waals surface area contributed by atoms with E-state index in [1.807, 2.05) is 0 Å². The molecule has 2 aromatic heterocycles. The number of carbonyl (C=O) groups is 1. The summed E-state index contributed by atoms with van der Waals surface area (Å²) in [5, 5.41) is 3.78. The summed E-state index contributed by atoms with van der Waals surface area (Å²) in [4.78, 5) is 18.2. The molecule has 1 saturated heterocycles. The van der Waals surface area contributed by atoms with Crippen LogP contribution in [0, 0.1) is 11.8 Å². The molecule has 2 fully saturated rings. The van der Waals surface area contributed by atoms with Crippen molar-refractivity contribution in [2.45, 2.75) is 25.1 Å². The summed E-state index contributed by atoms with van der Waals surface area (Å²) in [6, 6.07) is 2.90. The van der Waals surface area contributed by atoms with Gasteiger partial charge in [0, 0.05) is 25.3 Å². The number of nitrogens with zero attached hydrogens (tertiary/aromatic N) is 4. The van der Waals surface area contributed by atoms with Gasteiger partial charge in [0.1, 0.15) is 0 Å². The second-order valence-corrected chi connectivity index (χ2v) is 7.41. The lowest BCUT2D eigenvalue weighted by atomic mass is 9.98. The number of rotatable bonds is 2. The summed E-state index contributed by atoms with van der Waals surface area (Å²) >= 11 is 5.98. The summed E-state index contributed by atoms with van der Waals surface area (Å²) < 4.78 is 41.9. The van der Waals surface area contributed by atoms with Gasteiger partial charge in [-0.05, 0) is 36.8 Å². The first-order chi connectivity index (χ1) is 12.8. The summed E-state index contributed by atoms with van der Waals surface area (Å²) in [5.74, 6) is -0.477. The minimum absolute atomic E-state index is 0.00628. The lowest BCUT2D eigenvalue weighted by Crippen LogP contribution is -2.34. The fourth-order valence-corrected chi connectivity index (χ4v) is 4.32. The third-order valence-corrected chi connectivity index (χ3v) is 5.70. The molecule has 0 bridgehead atoms. The highest BCUT2D eigenvalue weighted by atomic mass is 35.5. The maximum atomic E-state index is 13.8. The molecule has 3 atom stereocenters. The fraction of sp³-hybridized carbons (Fsp3) is 0.471. The molecule has 3 heterocycles. The Kier molecular flexibility index (Phi) is 4.38. The molecule has 0 spiro atoms. The monoisotopic (exact) mass is 399 g/mol. The molecule has 6 nitrogen and oxygen atoms in total. The van der Waals surface area contributed by atoms with Crippen LogP contribution >= 0.6 is 11.6 Å². The highest BCUT2D eigenvalue weighted by molar-refractivity contribution is 6.32. The third-order valence-electron chi connectivity index (χ3n) is 5.41. The number of carbonyl (C=O) groups excluding carboxylic acids is 1. The highest BCUT2D eigenvalue weighted by Crippen LogP contribution is 2.39. The number of amides is 1. The van der Waals surface area contributed by atoms with Crippen LogP contribution < -0.4 is 5.73 Å². The molecule has 4 rings (SSSR count). The molecule has 144 valence electrons. The highest BCUT2D eigenvalue weighted by Gasteiger charge is 2.46. The van der Waals surface area contributed by atoms with Crippen LogP contribution in [0.25, 0.3) is 5.82 Å². The minimum Gasteiger partial charge on any atom is -0.338 e. The molecule has 2 N–H and O–H groups in total. The molecular formula is C17H17ClF3N5O. The van der Waals surface area contributed by atoms with Gasteiger partial charge in [0.15, 0.2) is 11.5 Å². The van der Waals surface area contributed by atoms with Gasteiger partial charge >= 0.3 is 6.18 Å². The Morgan fingerprint density at radius 2 is 2.07 bits per heavy atom. The standard InChI is InChI=1S/C17H17ClF3N5O/c18-12-2-1-5-23-15(12)26-14(17(19,20)21)10(6-24-26)16(27)25-7-9-3-4-13(22)11(9)8-25/h1-2,5-6,9,11,13H,3-4,7-8,22H2. The second-order valence-electron chi connectivity index (χ2n) is 7.00. The first kappa shape index (κ1) is 18.2. The van der Waals surface area contributed by atoms with E-state index in [4.69, 9.17) is 17.3 Å². The smallest absolute Gasteiger partial charge is 0.338 e. The van der Waals surface area contributed by atoms with Crippen LogP contribution in [0.5, 0.6) is 0 Å². The molecule has 0 aromatic carbocycles. The molecule has 1 saturated carbocycles. The number of pyridine rings is 1. The van der Waals surface area contributed by atoms with Crippen LogP contribution in [0.3, 0.4) is 0 Å². The average molecular weight is 400 g/mol. The number of hydrogen-bond donors (Lipinski definition) is 1. The number of alkyl halides is 3. The van der Waals surface area contributed by atoms with Crippen molar-refractivity contribution >= 4 is 17.5 Å². The number of halogens is 4. The molecule has 2 aliphatic rings. The predicted octanol–water partition coefficient (Wildman–Crippen LogP) is 2.75. The van der Waals surface area contributed by atoms with Gasteiger partial charge in [-0.2, -0.15) is 18.3 Å². The van der Waals surface area contributed by atoms with E-state index in [0.29, 0.717) is 17.8 Å². The minimum atomic E-state index is -4.80. The van der Waals surface area contributed by atoms with Crippen molar-refractivity contribution in [3.8, 4) is 5.82 Å². The van der Waals surface area contributed by atoms with Gasteiger partial charge in [-0.25, -0.2) is 9.67 Å². The fourth-order valence-electron chi connectivity index (χ4n) is 4.12. The Morgan fingerprint density at radius 1 is 1.30 bits per heavy atom. The molecule has 1 amide bonds. The van der Waals surface area contributed by atoms with Crippen molar-refractivity contribution in [3.63, 3.8) is 0 Å². The summed E-state index contributed by atoms with van der Waals surface area (Å²) in [6.45, 7) is 0.793. The zero-order valence-corrected chi connectivity index (χ0v) is 14.9. The molecule has 1 aliphatic heterocycles. The number of hydrogen-bond acceptors (Lipinski definition) is 4. The van der Waals surface area contributed by atoms with Crippen LogP contribution in [0.4, 0.5) is 13.2 Å². The first-order valence-electron chi connectivity index (χ1n) is 8.58. The Bertz CT molecular complexity index is 884. The number of aromatic nitrogens is 3. The Balaban J connectivity index is 1.72. The van der Waals surface area contributed by atoms with Gasteiger partial charge in [0.05, 0.1) is 16.8 Å². The Morgan fingerprint density at radius 3 is 2.74 bits per heavy atom. The van der Waals surface area contributed by atoms with E-state index in [1.165, 1.54) is 23.2 Å². The van der Waals surface area contributed by atoms with Gasteiger partial charge in [0.25, 0.3) is 5.91 Å². The zero-order valence-electron chi connectivity index (χ0n) is 14.2. The van der Waals surface area contributed by atoms with Crippen molar-refractivity contribution in [1.29, 1.82) is 0 Å². The quantitative estimate of drug-likeness (QED) is 0.842. The zero-order chi connectivity index (χ0) is 19.3. The summed E-state index contributed by atoms with van der Waals surface area (Å²) in [6.07, 6.45) is -0.766. The largest absolute Gasteiger partial charge is 0.434 e. The Hall–Kier alpha value is -2.13. The predicted molar refractivity (Wildman–Crippen MR) is 91.5 cm³/mol. The lowest BCUT2D eigenvalue weighted by molar-refractivity contribution is -0.143. The van der Waals surface area contributed by atoms with Crippen molar-refractivity contribution in [3.05, 3.63) is 40.8 Å². The van der Waals surface area contributed by atoms with Gasteiger partial charge in [-0.3, -0.25) is 4.79 Å². The SMILES string of the molecule is NC1CCC2CN(C(=O)c3cnn(-c4ncccc4Cl)c3C(F)(F)F)CC12. The summed E-state index contributed by atoms with van der Waals surface area (Å²) in [5.41, 5.74) is 4.39. The van der Waals surface area contributed by atoms with Gasteiger partial charge in [0.2, 0.25) is 0 Å². The van der Waals surface area contributed by atoms with Crippen molar-refractivity contribution in [2.75, 3.05) is 13.1 Å². The number of likely N-dealkylation sites (tertiary alicyclic amines) is 1. The molecule has 2 aromatic rings. The van der Waals surface area contributed by atoms with Gasteiger partial charge < -0.3 is 10.6 Å². The first-order valence-corrected chi connectivity index (χ1v) is 8.96. The Labute approximate surface area is 158 Å². The van der Waals surface area contributed by atoms with Crippen LogP contribution in [0.15, 0.2) is 24.5 Å². The lowest BCUT2D eigenvalue weighted by Gasteiger charge is -2.19. The van der Waals surface area contributed by atoms with E-state index in [2.05, 4.69) is 10.1 Å². The van der Waals surface area contributed by atoms with E-state index in [-0.39, 0.29) is 28.7 Å². The van der Waals surface area contributed by atoms with E-state index >= 15 is 0 Å². The maximum absolute atomic E-state index is 13.8. The normalized spacial score (nSPS) is 25.1. The topological polar surface area (TPSA) is 77.0 Å². The number of nitrogens with two attached hydrogens (primary N) is 1. The van der Waals surface area contributed by atoms with Crippen LogP contribution in [0.2, 0.25) is 5.02 Å². The van der Waals surface area contributed by atoms with Crippen LogP contribution in [-0.2, 0) is 6.18 Å². The second kappa shape index (κ2) is 6.49. The molecular weight excluding hydrogens is 383 g/mol. The van der Waals surface area contributed by atoms with Crippen molar-refractivity contribution in [2.24, 2.45) is 17.6 Å². The third kappa shape index (κ3) is 3.08. The average Bonchev–Trinajstić information content (AvgIpc) is 3.30. The molecule has 3 unspecified atom stereocenters. The maximum Gasteiger partial charge on any atom is 0.434 e. The van der Waals surface area contributed by atoms with E-state index in [0.717, 1.165) is 19.0 Å². The molecule has 0 radical (unpaired) electrons. The molecule has 10 heteroatoms. The van der Waals surface area contributed by atoms with E-state index in [1.54, 1.807) is 0 Å². The van der Waals surface area contributed by atoms with Crippen molar-refractivity contribution in [1.82, 2.24) is 19.7 Å². The summed E-state index contributed by atoms with van der Waals surface area (Å²) in [7, 11) is 0. The van der Waals surface area contributed by atoms with Crippen molar-refractivity contribution < 1.29 is 18.0 Å². The van der Waals surface area contributed by atoms with Crippen LogP contribution in [-0.4, -0.2) is 44.7 Å². The van der Waals surface area contributed by atoms with Gasteiger partial charge in [-0.15, -0.1) is 0 Å². The molecule has 27 heavy (non-hydrogen) atoms. The molecule has 1 aliphatic carbocycles. The van der Waals surface area contributed by atoms with Gasteiger partial charge in [-0.1, -0.05) is 11.6 Å². The van der Waals surface area contributed by atoms with E-state index in [9.17, 15) is 18.0 Å². The number of fused-ring (bicyclic) bond motifs is 1. The van der Waals surface area contributed by atoms with E-state index < -0.39 is 23.3 Å². The van der Waals surface area contributed by atoms with Crippen LogP contribution in [0.1, 0.15) is 28.9 Å².